The summed E-state index contributed by atoms with van der Waals surface area (Å²) in [6.07, 6.45) is 2.44. The summed E-state index contributed by atoms with van der Waals surface area (Å²) in [5, 5.41) is 3.67. The number of rotatable bonds is 2. The fourth-order valence-electron chi connectivity index (χ4n) is 3.21. The van der Waals surface area contributed by atoms with Crippen molar-refractivity contribution in [3.63, 3.8) is 0 Å². The van der Waals surface area contributed by atoms with Crippen LogP contribution in [-0.4, -0.2) is 26.5 Å². The molecule has 4 nitrogen and oxygen atoms in total. The smallest absolute Gasteiger partial charge is 0.174 e. The zero-order chi connectivity index (χ0) is 18.1. The second-order valence-corrected chi connectivity index (χ2v) is 6.49. The minimum Gasteiger partial charge on any atom is -0.348 e. The van der Waals surface area contributed by atoms with Crippen molar-refractivity contribution in [2.75, 3.05) is 11.9 Å². The lowest BCUT2D eigenvalue weighted by Gasteiger charge is -2.37. The Morgan fingerprint density at radius 2 is 1.73 bits per heavy atom. The van der Waals surface area contributed by atoms with Crippen molar-refractivity contribution in [3.8, 4) is 0 Å². The van der Waals surface area contributed by atoms with Crippen LogP contribution in [0.25, 0.3) is 0 Å². The molecule has 1 aliphatic heterocycles. The Morgan fingerprint density at radius 3 is 2.42 bits per heavy atom. The molecule has 0 spiro atoms. The Morgan fingerprint density at radius 1 is 1.08 bits per heavy atom. The number of H-pyrrole nitrogens is 1. The third-order valence-corrected chi connectivity index (χ3v) is 4.80. The van der Waals surface area contributed by atoms with Crippen molar-refractivity contribution >= 4 is 23.0 Å². The van der Waals surface area contributed by atoms with Gasteiger partial charge in [-0.3, -0.25) is 0 Å². The van der Waals surface area contributed by atoms with Gasteiger partial charge in [0.2, 0.25) is 0 Å². The van der Waals surface area contributed by atoms with Crippen LogP contribution in [0.15, 0.2) is 54.9 Å². The molecule has 0 saturated heterocycles. The van der Waals surface area contributed by atoms with E-state index in [1.807, 2.05) is 4.90 Å². The molecule has 0 fully saturated rings. The number of imidazole rings is 1. The Bertz CT molecular complexity index is 921. The second kappa shape index (κ2) is 6.84. The molecule has 0 aliphatic carbocycles. The van der Waals surface area contributed by atoms with Crippen LogP contribution in [0.1, 0.15) is 23.0 Å². The highest BCUT2D eigenvalue weighted by Gasteiger charge is 2.32. The number of nitrogens with one attached hydrogen (secondary N) is 2. The summed E-state index contributed by atoms with van der Waals surface area (Å²) in [6, 6.07) is 12.2. The number of aromatic nitrogens is 2. The predicted octanol–water partition coefficient (Wildman–Crippen LogP) is 4.03. The maximum atomic E-state index is 13.4. The molecular formula is C19H16F2N4S. The van der Waals surface area contributed by atoms with Gasteiger partial charge in [-0.2, -0.15) is 0 Å². The SMILES string of the molecule is Fc1ccc(NC(=S)N2CCc3[nH]cnc3[C@@H]2c2ccc(F)cc2)cc1. The number of halogens is 2. The first-order valence-electron chi connectivity index (χ1n) is 8.22. The summed E-state index contributed by atoms with van der Waals surface area (Å²) < 4.78 is 26.5. The minimum absolute atomic E-state index is 0.217. The summed E-state index contributed by atoms with van der Waals surface area (Å²) >= 11 is 5.60. The van der Waals surface area contributed by atoms with Gasteiger partial charge in [-0.15, -0.1) is 0 Å². The normalized spacial score (nSPS) is 16.2. The van der Waals surface area contributed by atoms with E-state index in [1.165, 1.54) is 24.3 Å². The molecule has 3 aromatic rings. The molecule has 1 aromatic heterocycles. The molecule has 1 aliphatic rings. The monoisotopic (exact) mass is 370 g/mol. The van der Waals surface area contributed by atoms with E-state index in [2.05, 4.69) is 15.3 Å². The molecule has 0 amide bonds. The lowest BCUT2D eigenvalue weighted by molar-refractivity contribution is 0.336. The van der Waals surface area contributed by atoms with Crippen molar-refractivity contribution < 1.29 is 8.78 Å². The standard InChI is InChI=1S/C19H16F2N4S/c20-13-3-1-12(2-4-13)18-17-16(22-11-23-17)9-10-25(18)19(26)24-15-7-5-14(21)6-8-15/h1-8,11,18H,9-10H2,(H,22,23)(H,24,26)/t18-/m0/s1. The molecule has 2 N–H and O–H groups in total. The maximum absolute atomic E-state index is 13.4. The zero-order valence-electron chi connectivity index (χ0n) is 13.7. The van der Waals surface area contributed by atoms with E-state index in [9.17, 15) is 8.78 Å². The molecule has 26 heavy (non-hydrogen) atoms. The summed E-state index contributed by atoms with van der Waals surface area (Å²) in [7, 11) is 0. The largest absolute Gasteiger partial charge is 0.348 e. The van der Waals surface area contributed by atoms with Gasteiger partial charge < -0.3 is 15.2 Å². The van der Waals surface area contributed by atoms with Crippen molar-refractivity contribution in [1.29, 1.82) is 0 Å². The first-order chi connectivity index (χ1) is 12.6. The molecular weight excluding hydrogens is 354 g/mol. The molecule has 2 aromatic carbocycles. The van der Waals surface area contributed by atoms with E-state index in [0.717, 1.165) is 23.4 Å². The predicted molar refractivity (Wildman–Crippen MR) is 99.9 cm³/mol. The number of hydrogen-bond donors (Lipinski definition) is 2. The minimum atomic E-state index is -0.301. The molecule has 2 heterocycles. The lowest BCUT2D eigenvalue weighted by Crippen LogP contribution is -2.43. The van der Waals surface area contributed by atoms with Crippen LogP contribution in [0.3, 0.4) is 0 Å². The molecule has 0 bridgehead atoms. The van der Waals surface area contributed by atoms with Gasteiger partial charge in [0, 0.05) is 24.3 Å². The quantitative estimate of drug-likeness (QED) is 0.669. The highest BCUT2D eigenvalue weighted by Crippen LogP contribution is 2.33. The summed E-state index contributed by atoms with van der Waals surface area (Å²) in [4.78, 5) is 9.65. The van der Waals surface area contributed by atoms with Gasteiger partial charge in [0.15, 0.2) is 5.11 Å². The van der Waals surface area contributed by atoms with E-state index in [-0.39, 0.29) is 17.7 Å². The van der Waals surface area contributed by atoms with Gasteiger partial charge in [-0.25, -0.2) is 13.8 Å². The Hall–Kier alpha value is -2.80. The third-order valence-electron chi connectivity index (χ3n) is 4.47. The number of fused-ring (bicyclic) bond motifs is 1. The molecule has 4 rings (SSSR count). The maximum Gasteiger partial charge on any atom is 0.174 e. The number of nitrogens with zero attached hydrogens (tertiary/aromatic N) is 2. The van der Waals surface area contributed by atoms with Crippen molar-refractivity contribution in [3.05, 3.63) is 83.4 Å². The van der Waals surface area contributed by atoms with E-state index < -0.39 is 0 Å². The van der Waals surface area contributed by atoms with Crippen LogP contribution in [0, 0.1) is 11.6 Å². The van der Waals surface area contributed by atoms with E-state index in [4.69, 9.17) is 12.2 Å². The second-order valence-electron chi connectivity index (χ2n) is 6.10. The van der Waals surface area contributed by atoms with E-state index in [1.54, 1.807) is 30.6 Å². The van der Waals surface area contributed by atoms with Crippen LogP contribution >= 0.6 is 12.2 Å². The Balaban J connectivity index is 1.66. The van der Waals surface area contributed by atoms with Crippen molar-refractivity contribution in [2.24, 2.45) is 0 Å². The molecule has 1 atom stereocenters. The number of hydrogen-bond acceptors (Lipinski definition) is 2. The molecule has 0 unspecified atom stereocenters. The molecule has 7 heteroatoms. The van der Waals surface area contributed by atoms with Gasteiger partial charge >= 0.3 is 0 Å². The first-order valence-corrected chi connectivity index (χ1v) is 8.63. The summed E-state index contributed by atoms with van der Waals surface area (Å²) in [5.74, 6) is -0.588. The highest BCUT2D eigenvalue weighted by atomic mass is 32.1. The average Bonchev–Trinajstić information content (AvgIpc) is 3.12. The Labute approximate surface area is 154 Å². The Kier molecular flexibility index (Phi) is 4.38. The van der Waals surface area contributed by atoms with Gasteiger partial charge in [0.25, 0.3) is 0 Å². The molecule has 0 radical (unpaired) electrons. The average molecular weight is 370 g/mol. The lowest BCUT2D eigenvalue weighted by atomic mass is 9.96. The highest BCUT2D eigenvalue weighted by molar-refractivity contribution is 7.80. The van der Waals surface area contributed by atoms with Crippen LogP contribution in [0.5, 0.6) is 0 Å². The number of benzene rings is 2. The number of anilines is 1. The third kappa shape index (κ3) is 3.17. The van der Waals surface area contributed by atoms with Crippen LogP contribution < -0.4 is 5.32 Å². The topological polar surface area (TPSA) is 44.0 Å². The van der Waals surface area contributed by atoms with Gasteiger partial charge in [0.1, 0.15) is 17.7 Å². The van der Waals surface area contributed by atoms with Gasteiger partial charge in [-0.1, -0.05) is 12.1 Å². The van der Waals surface area contributed by atoms with Gasteiger partial charge in [-0.05, 0) is 54.2 Å². The fourth-order valence-corrected chi connectivity index (χ4v) is 3.52. The number of thiocarbonyl (C=S) groups is 1. The fraction of sp³-hybridized carbons (Fsp3) is 0.158. The van der Waals surface area contributed by atoms with Crippen LogP contribution in [0.2, 0.25) is 0 Å². The summed E-state index contributed by atoms with van der Waals surface area (Å²) in [6.45, 7) is 0.685. The first kappa shape index (κ1) is 16.7. The van der Waals surface area contributed by atoms with Gasteiger partial charge in [0.05, 0.1) is 12.0 Å². The zero-order valence-corrected chi connectivity index (χ0v) is 14.6. The van der Waals surface area contributed by atoms with E-state index >= 15 is 0 Å². The van der Waals surface area contributed by atoms with Crippen molar-refractivity contribution in [1.82, 2.24) is 14.9 Å². The van der Waals surface area contributed by atoms with Crippen LogP contribution in [0.4, 0.5) is 14.5 Å². The molecule has 132 valence electrons. The number of aromatic amines is 1. The van der Waals surface area contributed by atoms with E-state index in [0.29, 0.717) is 17.3 Å². The molecule has 0 saturated carbocycles. The van der Waals surface area contributed by atoms with Crippen LogP contribution in [-0.2, 0) is 6.42 Å². The van der Waals surface area contributed by atoms with Crippen molar-refractivity contribution in [2.45, 2.75) is 12.5 Å². The summed E-state index contributed by atoms with van der Waals surface area (Å²) in [5.41, 5.74) is 3.55.